The first kappa shape index (κ1) is 15.0. The molecule has 0 aliphatic rings. The number of ether oxygens (including phenoxy) is 1. The topological polar surface area (TPSA) is 61.2 Å². The molecule has 0 aliphatic heterocycles. The first-order chi connectivity index (χ1) is 11.2. The van der Waals surface area contributed by atoms with Gasteiger partial charge in [0.2, 0.25) is 0 Å². The summed E-state index contributed by atoms with van der Waals surface area (Å²) < 4.78 is 6.65. The van der Waals surface area contributed by atoms with Crippen LogP contribution in [0.15, 0.2) is 65.7 Å². The van der Waals surface area contributed by atoms with Crippen LogP contribution >= 0.6 is 0 Å². The third-order valence-corrected chi connectivity index (χ3v) is 3.52. The Kier molecular flexibility index (Phi) is 4.47. The zero-order valence-corrected chi connectivity index (χ0v) is 12.5. The summed E-state index contributed by atoms with van der Waals surface area (Å²) >= 11 is 0. The highest BCUT2D eigenvalue weighted by Crippen LogP contribution is 2.05. The smallest absolute Gasteiger partial charge is 0.310 e. The van der Waals surface area contributed by atoms with Crippen molar-refractivity contribution >= 4 is 16.9 Å². The van der Waals surface area contributed by atoms with E-state index in [0.717, 1.165) is 5.56 Å². The summed E-state index contributed by atoms with van der Waals surface area (Å²) in [6, 6.07) is 16.6. The molecule has 0 unspecified atom stereocenters. The van der Waals surface area contributed by atoms with Crippen LogP contribution in [0, 0.1) is 0 Å². The van der Waals surface area contributed by atoms with Crippen LogP contribution in [0.5, 0.6) is 0 Å². The molecule has 0 saturated carbocycles. The first-order valence-electron chi connectivity index (χ1n) is 7.38. The van der Waals surface area contributed by atoms with Gasteiger partial charge >= 0.3 is 5.97 Å². The molecule has 0 bridgehead atoms. The molecule has 2 aromatic carbocycles. The first-order valence-corrected chi connectivity index (χ1v) is 7.38. The summed E-state index contributed by atoms with van der Waals surface area (Å²) in [6.07, 6.45) is 1.71. The second-order valence-corrected chi connectivity index (χ2v) is 5.14. The van der Waals surface area contributed by atoms with Gasteiger partial charge in [0.25, 0.3) is 5.56 Å². The molecule has 0 atom stereocenters. The van der Waals surface area contributed by atoms with Gasteiger partial charge in [-0.2, -0.15) is 0 Å². The van der Waals surface area contributed by atoms with Gasteiger partial charge in [-0.25, -0.2) is 4.98 Å². The maximum Gasteiger partial charge on any atom is 0.310 e. The molecule has 0 N–H and O–H groups in total. The Morgan fingerprint density at radius 1 is 1.04 bits per heavy atom. The van der Waals surface area contributed by atoms with Gasteiger partial charge in [-0.15, -0.1) is 0 Å². The Balaban J connectivity index is 1.60. The molecular formula is C18H16N2O3. The van der Waals surface area contributed by atoms with Crippen molar-refractivity contribution in [3.05, 3.63) is 76.8 Å². The summed E-state index contributed by atoms with van der Waals surface area (Å²) in [5.41, 5.74) is 1.44. The number of fused-ring (bicyclic) bond motifs is 1. The number of hydrogen-bond acceptors (Lipinski definition) is 4. The Labute approximate surface area is 133 Å². The molecule has 5 nitrogen and oxygen atoms in total. The molecule has 116 valence electrons. The summed E-state index contributed by atoms with van der Waals surface area (Å²) in [4.78, 5) is 28.3. The molecular weight excluding hydrogens is 292 g/mol. The fourth-order valence-corrected chi connectivity index (χ4v) is 2.34. The Bertz CT molecular complexity index is 872. The monoisotopic (exact) mass is 308 g/mol. The predicted octanol–water partition coefficient (Wildman–Crippen LogP) is 2.18. The van der Waals surface area contributed by atoms with E-state index in [-0.39, 0.29) is 31.1 Å². The van der Waals surface area contributed by atoms with Gasteiger partial charge in [-0.05, 0) is 17.7 Å². The number of carbonyl (C=O) groups is 1. The number of esters is 1. The van der Waals surface area contributed by atoms with Crippen LogP contribution < -0.4 is 5.56 Å². The van der Waals surface area contributed by atoms with Crippen molar-refractivity contribution in [2.75, 3.05) is 6.61 Å². The van der Waals surface area contributed by atoms with Crippen LogP contribution in [-0.4, -0.2) is 22.1 Å². The molecule has 0 spiro atoms. The average Bonchev–Trinajstić information content (AvgIpc) is 2.58. The van der Waals surface area contributed by atoms with Crippen LogP contribution in [0.2, 0.25) is 0 Å². The van der Waals surface area contributed by atoms with Crippen LogP contribution in [-0.2, 0) is 22.5 Å². The molecule has 0 fully saturated rings. The number of hydrogen-bond donors (Lipinski definition) is 0. The van der Waals surface area contributed by atoms with E-state index >= 15 is 0 Å². The quantitative estimate of drug-likeness (QED) is 0.678. The zero-order valence-electron chi connectivity index (χ0n) is 12.5. The van der Waals surface area contributed by atoms with Gasteiger partial charge < -0.3 is 4.74 Å². The van der Waals surface area contributed by atoms with Crippen molar-refractivity contribution in [3.63, 3.8) is 0 Å². The van der Waals surface area contributed by atoms with Crippen molar-refractivity contribution in [2.45, 2.75) is 13.0 Å². The standard InChI is InChI=1S/C18H16N2O3/c21-17(12-14-6-2-1-3-7-14)23-11-10-20-13-19-16-9-5-4-8-15(16)18(20)22/h1-9,13H,10-12H2. The second kappa shape index (κ2) is 6.87. The van der Waals surface area contributed by atoms with Gasteiger partial charge in [0.05, 0.1) is 30.2 Å². The molecule has 1 aromatic heterocycles. The van der Waals surface area contributed by atoms with Gasteiger partial charge in [0.1, 0.15) is 6.61 Å². The minimum Gasteiger partial charge on any atom is -0.464 e. The fourth-order valence-electron chi connectivity index (χ4n) is 2.34. The van der Waals surface area contributed by atoms with Crippen molar-refractivity contribution in [3.8, 4) is 0 Å². The van der Waals surface area contributed by atoms with E-state index in [1.165, 1.54) is 10.9 Å². The summed E-state index contributed by atoms with van der Waals surface area (Å²) in [5, 5.41) is 0.561. The lowest BCUT2D eigenvalue weighted by Gasteiger charge is -2.08. The largest absolute Gasteiger partial charge is 0.464 e. The Hall–Kier alpha value is -2.95. The maximum atomic E-state index is 12.3. The van der Waals surface area contributed by atoms with Crippen LogP contribution in [0.4, 0.5) is 0 Å². The van der Waals surface area contributed by atoms with Crippen LogP contribution in [0.25, 0.3) is 10.9 Å². The third kappa shape index (κ3) is 3.63. The number of rotatable bonds is 5. The summed E-state index contributed by atoms with van der Waals surface area (Å²) in [7, 11) is 0. The van der Waals surface area contributed by atoms with E-state index in [1.807, 2.05) is 36.4 Å². The van der Waals surface area contributed by atoms with Crippen molar-refractivity contribution in [2.24, 2.45) is 0 Å². The highest BCUT2D eigenvalue weighted by Gasteiger charge is 2.06. The molecule has 0 radical (unpaired) electrons. The van der Waals surface area contributed by atoms with Gasteiger partial charge in [0.15, 0.2) is 0 Å². The van der Waals surface area contributed by atoms with Crippen molar-refractivity contribution in [1.29, 1.82) is 0 Å². The number of para-hydroxylation sites is 1. The van der Waals surface area contributed by atoms with E-state index in [4.69, 9.17) is 4.74 Å². The highest BCUT2D eigenvalue weighted by molar-refractivity contribution is 5.76. The lowest BCUT2D eigenvalue weighted by atomic mass is 10.2. The molecule has 3 aromatic rings. The number of aromatic nitrogens is 2. The molecule has 0 amide bonds. The van der Waals surface area contributed by atoms with Crippen LogP contribution in [0.3, 0.4) is 0 Å². The Morgan fingerprint density at radius 2 is 1.78 bits per heavy atom. The molecule has 1 heterocycles. The van der Waals surface area contributed by atoms with Gasteiger partial charge in [-0.1, -0.05) is 42.5 Å². The average molecular weight is 308 g/mol. The van der Waals surface area contributed by atoms with E-state index in [0.29, 0.717) is 10.9 Å². The number of benzene rings is 2. The van der Waals surface area contributed by atoms with E-state index in [9.17, 15) is 9.59 Å². The van der Waals surface area contributed by atoms with Crippen molar-refractivity contribution < 1.29 is 9.53 Å². The van der Waals surface area contributed by atoms with E-state index in [2.05, 4.69) is 4.98 Å². The predicted molar refractivity (Wildman–Crippen MR) is 87.1 cm³/mol. The summed E-state index contributed by atoms with van der Waals surface area (Å²) in [6.45, 7) is 0.433. The van der Waals surface area contributed by atoms with E-state index < -0.39 is 0 Å². The SMILES string of the molecule is O=C(Cc1ccccc1)OCCn1cnc2ccccc2c1=O. The number of nitrogens with zero attached hydrogens (tertiary/aromatic N) is 2. The highest BCUT2D eigenvalue weighted by atomic mass is 16.5. The van der Waals surface area contributed by atoms with Crippen molar-refractivity contribution in [1.82, 2.24) is 9.55 Å². The lowest BCUT2D eigenvalue weighted by molar-refractivity contribution is -0.143. The molecule has 5 heteroatoms. The van der Waals surface area contributed by atoms with Crippen LogP contribution in [0.1, 0.15) is 5.56 Å². The third-order valence-electron chi connectivity index (χ3n) is 3.52. The second-order valence-electron chi connectivity index (χ2n) is 5.14. The maximum absolute atomic E-state index is 12.3. The van der Waals surface area contributed by atoms with E-state index in [1.54, 1.807) is 18.2 Å². The molecule has 0 saturated heterocycles. The lowest BCUT2D eigenvalue weighted by Crippen LogP contribution is -2.23. The normalized spacial score (nSPS) is 10.6. The van der Waals surface area contributed by atoms with Gasteiger partial charge in [-0.3, -0.25) is 14.2 Å². The molecule has 3 rings (SSSR count). The molecule has 0 aliphatic carbocycles. The number of carbonyl (C=O) groups excluding carboxylic acids is 1. The molecule has 23 heavy (non-hydrogen) atoms. The Morgan fingerprint density at radius 3 is 2.61 bits per heavy atom. The summed E-state index contributed by atoms with van der Waals surface area (Å²) in [5.74, 6) is -0.307. The fraction of sp³-hybridized carbons (Fsp3) is 0.167. The zero-order chi connectivity index (χ0) is 16.1. The van der Waals surface area contributed by atoms with Gasteiger partial charge in [0, 0.05) is 0 Å². The minimum atomic E-state index is -0.307. The minimum absolute atomic E-state index is 0.130.